The van der Waals surface area contributed by atoms with E-state index in [0.717, 1.165) is 0 Å². The number of rotatable bonds is 4. The van der Waals surface area contributed by atoms with E-state index < -0.39 is 17.5 Å². The zero-order valence-electron chi connectivity index (χ0n) is 17.8. The second-order valence-corrected chi connectivity index (χ2v) is 8.04. The van der Waals surface area contributed by atoms with Crippen molar-refractivity contribution in [2.24, 2.45) is 7.05 Å². The first-order chi connectivity index (χ1) is 16.3. The first-order valence-corrected chi connectivity index (χ1v) is 10.6. The molecule has 174 valence electrons. The van der Waals surface area contributed by atoms with Crippen molar-refractivity contribution in [1.29, 1.82) is 0 Å². The van der Waals surface area contributed by atoms with Gasteiger partial charge in [0.1, 0.15) is 5.82 Å². The van der Waals surface area contributed by atoms with Gasteiger partial charge in [0, 0.05) is 43.3 Å². The second-order valence-electron chi connectivity index (χ2n) is 7.67. The number of tetrazole rings is 1. The summed E-state index contributed by atoms with van der Waals surface area (Å²) in [6.07, 6.45) is 1.30. The Bertz CT molecular complexity index is 1430. The molecule has 1 fully saturated rings. The molecule has 11 nitrogen and oxygen atoms in total. The summed E-state index contributed by atoms with van der Waals surface area (Å²) in [5, 5.41) is 11.9. The normalized spacial score (nSPS) is 14.1. The van der Waals surface area contributed by atoms with Crippen LogP contribution in [0.4, 0.5) is 4.39 Å². The molecule has 5 rings (SSSR count). The van der Waals surface area contributed by atoms with Gasteiger partial charge in [-0.2, -0.15) is 4.80 Å². The van der Waals surface area contributed by atoms with Crippen molar-refractivity contribution in [2.75, 3.05) is 26.2 Å². The van der Waals surface area contributed by atoms with Gasteiger partial charge in [0.2, 0.25) is 5.82 Å². The third-order valence-corrected chi connectivity index (χ3v) is 5.81. The van der Waals surface area contributed by atoms with E-state index in [1.165, 1.54) is 45.1 Å². The third kappa shape index (κ3) is 3.71. The number of piperazine rings is 1. The first-order valence-electron chi connectivity index (χ1n) is 10.3. The lowest BCUT2D eigenvalue weighted by Gasteiger charge is -2.33. The van der Waals surface area contributed by atoms with Crippen molar-refractivity contribution in [2.45, 2.75) is 0 Å². The minimum atomic E-state index is -0.855. The molecule has 0 saturated carbocycles. The number of hydrogen-bond donors (Lipinski definition) is 1. The number of amides is 2. The van der Waals surface area contributed by atoms with E-state index in [1.54, 1.807) is 7.05 Å². The van der Waals surface area contributed by atoms with Gasteiger partial charge < -0.3 is 19.2 Å². The molecule has 4 heterocycles. The Balaban J connectivity index is 1.34. The first kappa shape index (κ1) is 21.8. The number of furan rings is 1. The van der Waals surface area contributed by atoms with Gasteiger partial charge in [-0.1, -0.05) is 0 Å². The van der Waals surface area contributed by atoms with Crippen LogP contribution in [0.15, 0.2) is 34.9 Å². The molecule has 1 N–H and O–H groups in total. The highest BCUT2D eigenvalue weighted by Crippen LogP contribution is 2.30. The molecule has 1 aliphatic heterocycles. The second kappa shape index (κ2) is 8.37. The number of benzene rings is 1. The Morgan fingerprint density at radius 1 is 1.09 bits per heavy atom. The summed E-state index contributed by atoms with van der Waals surface area (Å²) in [7, 11) is 1.59. The van der Waals surface area contributed by atoms with E-state index in [9.17, 15) is 18.8 Å². The molecule has 0 radical (unpaired) electrons. The van der Waals surface area contributed by atoms with E-state index in [0.29, 0.717) is 5.56 Å². The molecule has 0 atom stereocenters. The van der Waals surface area contributed by atoms with Gasteiger partial charge >= 0.3 is 0 Å². The predicted molar refractivity (Wildman–Crippen MR) is 117 cm³/mol. The summed E-state index contributed by atoms with van der Waals surface area (Å²) in [6.45, 7) is 0.705. The molecule has 0 aliphatic carbocycles. The number of aryl methyl sites for hydroxylation is 1. The molecule has 0 unspecified atom stereocenters. The number of Topliss-reactive ketones (excluding diaryl/α,β-unsaturated/α-hetero) is 1. The fraction of sp³-hybridized carbons (Fsp3) is 0.238. The number of nitrogens with zero attached hydrogens (tertiary/aromatic N) is 6. The molecule has 1 aromatic carbocycles. The fourth-order valence-electron chi connectivity index (χ4n) is 3.92. The minimum absolute atomic E-state index is 0.0215. The lowest BCUT2D eigenvalue weighted by molar-refractivity contribution is -0.127. The number of aromatic nitrogens is 5. The highest BCUT2D eigenvalue weighted by molar-refractivity contribution is 6.45. The Morgan fingerprint density at radius 3 is 2.47 bits per heavy atom. The number of H-pyrrole nitrogens is 1. The Hall–Kier alpha value is -4.06. The number of aromatic amines is 1. The highest BCUT2D eigenvalue weighted by Gasteiger charge is 2.31. The summed E-state index contributed by atoms with van der Waals surface area (Å²) in [5.74, 6) is -2.30. The van der Waals surface area contributed by atoms with Crippen LogP contribution in [0.5, 0.6) is 0 Å². The number of fused-ring (bicyclic) bond motifs is 1. The molecule has 1 saturated heterocycles. The molecule has 4 aromatic rings. The van der Waals surface area contributed by atoms with Gasteiger partial charge in [-0.3, -0.25) is 14.4 Å². The van der Waals surface area contributed by atoms with Gasteiger partial charge in [0.05, 0.1) is 18.1 Å². The Kier molecular flexibility index (Phi) is 5.36. The number of hydrogen-bond acceptors (Lipinski definition) is 7. The molecule has 3 aromatic heterocycles. The molecular weight excluding hydrogens is 469 g/mol. The summed E-state index contributed by atoms with van der Waals surface area (Å²) >= 11 is 5.72. The Morgan fingerprint density at radius 2 is 1.82 bits per heavy atom. The van der Waals surface area contributed by atoms with Crippen molar-refractivity contribution in [3.8, 4) is 11.4 Å². The number of carbonyl (C=O) groups is 3. The maximum atomic E-state index is 14.7. The van der Waals surface area contributed by atoms with Crippen LogP contribution in [-0.4, -0.2) is 78.8 Å². The number of ketones is 1. The third-order valence-electron chi connectivity index (χ3n) is 5.61. The number of nitrogens with one attached hydrogen (secondary N) is 1. The van der Waals surface area contributed by atoms with Crippen LogP contribution in [0.1, 0.15) is 20.9 Å². The lowest BCUT2D eigenvalue weighted by Crippen LogP contribution is -2.52. The van der Waals surface area contributed by atoms with Crippen LogP contribution in [0.25, 0.3) is 22.3 Å². The zero-order valence-corrected chi connectivity index (χ0v) is 18.5. The Labute approximate surface area is 196 Å². The van der Waals surface area contributed by atoms with Gasteiger partial charge in [-0.15, -0.1) is 10.2 Å². The number of halogens is 2. The van der Waals surface area contributed by atoms with Crippen molar-refractivity contribution >= 4 is 40.1 Å². The van der Waals surface area contributed by atoms with E-state index in [1.807, 2.05) is 0 Å². The van der Waals surface area contributed by atoms with Crippen molar-refractivity contribution in [1.82, 2.24) is 35.0 Å². The maximum Gasteiger partial charge on any atom is 0.295 e. The van der Waals surface area contributed by atoms with E-state index in [-0.39, 0.29) is 65.4 Å². The monoisotopic (exact) mass is 485 g/mol. The average molecular weight is 486 g/mol. The van der Waals surface area contributed by atoms with E-state index >= 15 is 0 Å². The van der Waals surface area contributed by atoms with Crippen LogP contribution in [-0.2, 0) is 11.8 Å². The standard InChI is InChI=1S/C21H17ClFN7O4/c1-28-26-19(25-27-28)11-2-3-13(23)16-12(10-24-17(11)16)18(31)21(33)30-8-6-29(7-9-30)20(32)14-4-5-15(22)34-14/h2-5,10,24H,6-9H2,1H3. The summed E-state index contributed by atoms with van der Waals surface area (Å²) in [6, 6.07) is 5.61. The van der Waals surface area contributed by atoms with Crippen LogP contribution in [0.3, 0.4) is 0 Å². The molecule has 2 amide bonds. The zero-order chi connectivity index (χ0) is 24.0. The molecule has 0 spiro atoms. The van der Waals surface area contributed by atoms with Gasteiger partial charge in [-0.05, 0) is 41.1 Å². The predicted octanol–water partition coefficient (Wildman–Crippen LogP) is 1.91. The van der Waals surface area contributed by atoms with Crippen LogP contribution in [0, 0.1) is 5.82 Å². The SMILES string of the molecule is Cn1nnc(-c2ccc(F)c3c(C(=O)C(=O)N4CCN(C(=O)c5ccc(Cl)o5)CC4)c[nH]c23)n1. The summed E-state index contributed by atoms with van der Waals surface area (Å²) in [4.78, 5) is 45.4. The minimum Gasteiger partial charge on any atom is -0.440 e. The molecule has 1 aliphatic rings. The van der Waals surface area contributed by atoms with Gasteiger partial charge in [0.25, 0.3) is 17.6 Å². The smallest absolute Gasteiger partial charge is 0.295 e. The molecule has 34 heavy (non-hydrogen) atoms. The maximum absolute atomic E-state index is 14.7. The van der Waals surface area contributed by atoms with Gasteiger partial charge in [0.15, 0.2) is 11.0 Å². The van der Waals surface area contributed by atoms with Crippen LogP contribution >= 0.6 is 11.6 Å². The quantitative estimate of drug-likeness (QED) is 0.345. The molecular formula is C21H17ClFN7O4. The lowest BCUT2D eigenvalue weighted by atomic mass is 10.0. The number of carbonyl (C=O) groups excluding carboxylic acids is 3. The van der Waals surface area contributed by atoms with Gasteiger partial charge in [-0.25, -0.2) is 4.39 Å². The van der Waals surface area contributed by atoms with Crippen molar-refractivity contribution in [3.63, 3.8) is 0 Å². The van der Waals surface area contributed by atoms with Crippen LogP contribution in [0.2, 0.25) is 5.22 Å². The summed E-state index contributed by atoms with van der Waals surface area (Å²) in [5.41, 5.74) is 0.643. The molecule has 13 heteroatoms. The van der Waals surface area contributed by atoms with E-state index in [4.69, 9.17) is 16.0 Å². The molecule has 0 bridgehead atoms. The van der Waals surface area contributed by atoms with Crippen molar-refractivity contribution in [3.05, 3.63) is 52.8 Å². The topological polar surface area (TPSA) is 130 Å². The van der Waals surface area contributed by atoms with E-state index in [2.05, 4.69) is 20.4 Å². The average Bonchev–Trinajstić information content (AvgIpc) is 3.58. The fourth-order valence-corrected chi connectivity index (χ4v) is 4.07. The largest absolute Gasteiger partial charge is 0.440 e. The van der Waals surface area contributed by atoms with Crippen molar-refractivity contribution < 1.29 is 23.2 Å². The summed E-state index contributed by atoms with van der Waals surface area (Å²) < 4.78 is 19.9. The van der Waals surface area contributed by atoms with Crippen LogP contribution < -0.4 is 0 Å². The highest BCUT2D eigenvalue weighted by atomic mass is 35.5.